The molecule has 2 atom stereocenters. The fourth-order valence-electron chi connectivity index (χ4n) is 7.73. The Kier molecular flexibility index (Phi) is 9.05. The van der Waals surface area contributed by atoms with Crippen LogP contribution in [0.15, 0.2) is 42.5 Å². The summed E-state index contributed by atoms with van der Waals surface area (Å²) in [6, 6.07) is 15.2. The second kappa shape index (κ2) is 13.5. The average Bonchev–Trinajstić information content (AvgIpc) is 3.40. The van der Waals surface area contributed by atoms with E-state index >= 15 is 0 Å². The first-order valence-electron chi connectivity index (χ1n) is 16.8. The Hall–Kier alpha value is -3.47. The van der Waals surface area contributed by atoms with Crippen molar-refractivity contribution in [2.24, 2.45) is 0 Å². The molecule has 7 rings (SSSR count). The molecule has 2 aromatic rings. The van der Waals surface area contributed by atoms with Gasteiger partial charge in [-0.25, -0.2) is 0 Å². The van der Waals surface area contributed by atoms with Gasteiger partial charge in [-0.2, -0.15) is 0 Å². The number of anilines is 1. The van der Waals surface area contributed by atoms with Gasteiger partial charge in [-0.05, 0) is 80.1 Å². The molecule has 5 aliphatic heterocycles. The van der Waals surface area contributed by atoms with Crippen LogP contribution in [0, 0.1) is 0 Å². The summed E-state index contributed by atoms with van der Waals surface area (Å²) in [7, 11) is 0. The molecule has 4 fully saturated rings. The normalized spacial score (nSPS) is 25.4. The van der Waals surface area contributed by atoms with Gasteiger partial charge in [-0.1, -0.05) is 18.6 Å². The topological polar surface area (TPSA) is 94.7 Å². The van der Waals surface area contributed by atoms with Gasteiger partial charge in [0.25, 0.3) is 5.91 Å². The van der Waals surface area contributed by atoms with Crippen molar-refractivity contribution in [3.05, 3.63) is 59.2 Å². The van der Waals surface area contributed by atoms with Gasteiger partial charge in [0.1, 0.15) is 18.4 Å². The molecule has 0 spiro atoms. The third-order valence-electron chi connectivity index (χ3n) is 10.4. The maximum Gasteiger partial charge on any atom is 0.255 e. The lowest BCUT2D eigenvalue weighted by atomic mass is 10.0. The highest BCUT2D eigenvalue weighted by molar-refractivity contribution is 6.05. The van der Waals surface area contributed by atoms with Crippen LogP contribution >= 0.6 is 0 Å². The van der Waals surface area contributed by atoms with Crippen molar-refractivity contribution in [2.75, 3.05) is 57.4 Å². The Labute approximate surface area is 265 Å². The van der Waals surface area contributed by atoms with Crippen LogP contribution in [-0.2, 0) is 27.4 Å². The summed E-state index contributed by atoms with van der Waals surface area (Å²) in [5.74, 6) is -0.0775. The smallest absolute Gasteiger partial charge is 0.255 e. The molecule has 0 radical (unpaired) electrons. The number of likely N-dealkylation sites (tertiary alicyclic amines) is 1. The number of nitrogens with zero attached hydrogens (tertiary/aromatic N) is 4. The number of fused-ring (bicyclic) bond motifs is 1. The van der Waals surface area contributed by atoms with Crippen LogP contribution in [0.3, 0.4) is 0 Å². The number of imide groups is 1. The summed E-state index contributed by atoms with van der Waals surface area (Å²) >= 11 is 0. The van der Waals surface area contributed by atoms with Crippen molar-refractivity contribution in [3.8, 4) is 5.75 Å². The zero-order chi connectivity index (χ0) is 30.8. The van der Waals surface area contributed by atoms with Crippen LogP contribution in [0.5, 0.6) is 5.75 Å². The van der Waals surface area contributed by atoms with Crippen LogP contribution < -0.4 is 15.0 Å². The van der Waals surface area contributed by atoms with Crippen molar-refractivity contribution in [1.29, 1.82) is 0 Å². The van der Waals surface area contributed by atoms with Crippen LogP contribution in [-0.4, -0.2) is 103 Å². The summed E-state index contributed by atoms with van der Waals surface area (Å²) in [6.07, 6.45) is 6.44. The second-order valence-corrected chi connectivity index (χ2v) is 13.2. The Morgan fingerprint density at radius 2 is 1.67 bits per heavy atom. The number of piperazine rings is 1. The van der Waals surface area contributed by atoms with E-state index in [4.69, 9.17) is 9.47 Å². The molecule has 45 heavy (non-hydrogen) atoms. The van der Waals surface area contributed by atoms with Gasteiger partial charge in [0.05, 0.1) is 0 Å². The van der Waals surface area contributed by atoms with Crippen LogP contribution in [0.2, 0.25) is 0 Å². The monoisotopic (exact) mass is 615 g/mol. The van der Waals surface area contributed by atoms with Gasteiger partial charge in [0, 0.05) is 82.2 Å². The third kappa shape index (κ3) is 6.73. The molecule has 0 bridgehead atoms. The largest absolute Gasteiger partial charge is 0.492 e. The zero-order valence-electron chi connectivity index (χ0n) is 26.1. The lowest BCUT2D eigenvalue weighted by Crippen LogP contribution is -2.52. The number of hydrogen-bond acceptors (Lipinski definition) is 8. The summed E-state index contributed by atoms with van der Waals surface area (Å²) in [4.78, 5) is 46.3. The number of ether oxygens (including phenoxy) is 2. The van der Waals surface area contributed by atoms with Crippen LogP contribution in [0.1, 0.15) is 66.4 Å². The second-order valence-electron chi connectivity index (χ2n) is 13.2. The van der Waals surface area contributed by atoms with Gasteiger partial charge in [-0.15, -0.1) is 0 Å². The van der Waals surface area contributed by atoms with E-state index in [0.717, 1.165) is 83.1 Å². The predicted octanol–water partition coefficient (Wildman–Crippen LogP) is 3.18. The highest BCUT2D eigenvalue weighted by atomic mass is 16.5. The number of nitrogens with one attached hydrogen (secondary N) is 1. The minimum Gasteiger partial charge on any atom is -0.492 e. The van der Waals surface area contributed by atoms with Gasteiger partial charge in [-0.3, -0.25) is 29.5 Å². The standard InChI is InChI=1S/C35H45N5O5/c41-33-11-10-32(34(42)36-33)40-23-26-21-30(8-9-31(26)35(40)43)45-24-29-3-1-2-14-39(29)22-25-4-6-27(7-5-25)37-15-17-38(18-16-37)28-12-19-44-20-13-28/h4-9,21,28-29,32H,1-3,10-20,22-24H2,(H,36,41,42)/t29-,32?/m1/s1. The number of piperidine rings is 2. The number of hydrogen-bond donors (Lipinski definition) is 1. The van der Waals surface area contributed by atoms with E-state index in [0.29, 0.717) is 37.2 Å². The van der Waals surface area contributed by atoms with Crippen molar-refractivity contribution < 1.29 is 23.9 Å². The Balaban J connectivity index is 0.918. The summed E-state index contributed by atoms with van der Waals surface area (Å²) < 4.78 is 11.9. The van der Waals surface area contributed by atoms with Crippen molar-refractivity contribution in [1.82, 2.24) is 20.0 Å². The number of carbonyl (C=O) groups excluding carboxylic acids is 3. The van der Waals surface area contributed by atoms with Crippen molar-refractivity contribution in [3.63, 3.8) is 0 Å². The average molecular weight is 616 g/mol. The number of benzene rings is 2. The van der Waals surface area contributed by atoms with E-state index in [9.17, 15) is 14.4 Å². The first-order valence-corrected chi connectivity index (χ1v) is 16.8. The number of carbonyl (C=O) groups is 3. The first kappa shape index (κ1) is 30.2. The molecular weight excluding hydrogens is 570 g/mol. The Morgan fingerprint density at radius 1 is 0.867 bits per heavy atom. The molecule has 1 unspecified atom stereocenters. The molecule has 5 heterocycles. The van der Waals surface area contributed by atoms with E-state index in [-0.39, 0.29) is 24.1 Å². The van der Waals surface area contributed by atoms with E-state index in [2.05, 4.69) is 44.3 Å². The van der Waals surface area contributed by atoms with E-state index in [1.807, 2.05) is 18.2 Å². The molecule has 4 saturated heterocycles. The van der Waals surface area contributed by atoms with Crippen molar-refractivity contribution >= 4 is 23.4 Å². The highest BCUT2D eigenvalue weighted by Crippen LogP contribution is 2.31. The van der Waals surface area contributed by atoms with Gasteiger partial charge in [0.15, 0.2) is 0 Å². The van der Waals surface area contributed by atoms with Crippen molar-refractivity contribution in [2.45, 2.75) is 76.2 Å². The molecule has 10 nitrogen and oxygen atoms in total. The van der Waals surface area contributed by atoms with Crippen LogP contribution in [0.4, 0.5) is 5.69 Å². The molecule has 0 aliphatic carbocycles. The fraction of sp³-hybridized carbons (Fsp3) is 0.571. The molecule has 2 aromatic carbocycles. The summed E-state index contributed by atoms with van der Waals surface area (Å²) in [5.41, 5.74) is 4.12. The molecule has 240 valence electrons. The molecule has 0 aromatic heterocycles. The minimum absolute atomic E-state index is 0.159. The number of rotatable bonds is 8. The predicted molar refractivity (Wildman–Crippen MR) is 170 cm³/mol. The molecule has 1 N–H and O–H groups in total. The van der Waals surface area contributed by atoms with Gasteiger partial charge in [0.2, 0.25) is 11.8 Å². The van der Waals surface area contributed by atoms with Crippen LogP contribution in [0.25, 0.3) is 0 Å². The maximum absolute atomic E-state index is 13.0. The van der Waals surface area contributed by atoms with E-state index < -0.39 is 6.04 Å². The van der Waals surface area contributed by atoms with E-state index in [1.165, 1.54) is 24.1 Å². The third-order valence-corrected chi connectivity index (χ3v) is 10.4. The zero-order valence-corrected chi connectivity index (χ0v) is 26.1. The Bertz CT molecular complexity index is 1390. The molecule has 10 heteroatoms. The molecule has 5 aliphatic rings. The first-order chi connectivity index (χ1) is 22.0. The fourth-order valence-corrected chi connectivity index (χ4v) is 7.73. The lowest BCUT2D eigenvalue weighted by Gasteiger charge is -2.41. The summed E-state index contributed by atoms with van der Waals surface area (Å²) in [5, 5.41) is 2.36. The molecule has 0 saturated carbocycles. The molecular formula is C35H45N5O5. The quantitative estimate of drug-likeness (QED) is 0.453. The SMILES string of the molecule is O=C1CCC(N2Cc3cc(OC[C@H]4CCCCN4Cc4ccc(N5CCN(C6CCOCC6)CC5)cc4)ccc3C2=O)C(=O)N1. The highest BCUT2D eigenvalue weighted by Gasteiger charge is 2.39. The maximum atomic E-state index is 13.0. The Morgan fingerprint density at radius 3 is 2.44 bits per heavy atom. The lowest BCUT2D eigenvalue weighted by molar-refractivity contribution is -0.136. The molecule has 3 amide bonds. The van der Waals surface area contributed by atoms with Gasteiger partial charge < -0.3 is 19.3 Å². The minimum atomic E-state index is -0.607. The van der Waals surface area contributed by atoms with Gasteiger partial charge >= 0.3 is 0 Å². The van der Waals surface area contributed by atoms with E-state index in [1.54, 1.807) is 4.90 Å². The number of amides is 3. The summed E-state index contributed by atoms with van der Waals surface area (Å²) in [6.45, 7) is 9.13.